The van der Waals surface area contributed by atoms with E-state index in [0.717, 1.165) is 12.8 Å². The van der Waals surface area contributed by atoms with Crippen molar-refractivity contribution in [1.29, 1.82) is 0 Å². The number of rotatable bonds is 5. The zero-order valence-electron chi connectivity index (χ0n) is 13.5. The molecule has 1 amide bonds. The van der Waals surface area contributed by atoms with E-state index in [-0.39, 0.29) is 23.5 Å². The van der Waals surface area contributed by atoms with Crippen LogP contribution in [0.5, 0.6) is 0 Å². The second kappa shape index (κ2) is 7.74. The maximum absolute atomic E-state index is 13.3. The molecule has 1 aliphatic rings. The average molecular weight is 349 g/mol. The molecule has 1 aromatic heterocycles. The molecule has 0 aliphatic heterocycles. The monoisotopic (exact) mass is 349 g/mol. The van der Waals surface area contributed by atoms with Crippen LogP contribution >= 0.6 is 11.8 Å². The predicted molar refractivity (Wildman–Crippen MR) is 89.4 cm³/mol. The molecule has 128 valence electrons. The first-order valence-electron chi connectivity index (χ1n) is 8.10. The molecule has 1 fully saturated rings. The summed E-state index contributed by atoms with van der Waals surface area (Å²) in [5.41, 5.74) is 0.531. The Labute approximate surface area is 144 Å². The number of halogens is 1. The van der Waals surface area contributed by atoms with Crippen LogP contribution in [0.1, 0.15) is 32.6 Å². The Morgan fingerprint density at radius 1 is 1.42 bits per heavy atom. The van der Waals surface area contributed by atoms with E-state index in [2.05, 4.69) is 27.8 Å². The van der Waals surface area contributed by atoms with Gasteiger partial charge in [0.05, 0.1) is 11.4 Å². The Bertz CT molecular complexity index is 707. The summed E-state index contributed by atoms with van der Waals surface area (Å²) in [6, 6.07) is 6.28. The van der Waals surface area contributed by atoms with E-state index < -0.39 is 0 Å². The number of nitrogens with zero attached hydrogens (tertiary/aromatic N) is 4. The molecule has 0 bridgehead atoms. The third-order valence-electron chi connectivity index (χ3n) is 4.28. The zero-order chi connectivity index (χ0) is 16.9. The molecule has 8 heteroatoms. The summed E-state index contributed by atoms with van der Waals surface area (Å²) >= 11 is 1.24. The molecule has 0 spiro atoms. The molecular weight excluding hydrogens is 329 g/mol. The lowest BCUT2D eigenvalue weighted by molar-refractivity contribution is -0.119. The number of thioether (sulfide) groups is 1. The minimum Gasteiger partial charge on any atom is -0.352 e. The highest BCUT2D eigenvalue weighted by atomic mass is 32.2. The van der Waals surface area contributed by atoms with Crippen LogP contribution < -0.4 is 5.32 Å². The molecule has 1 saturated carbocycles. The number of hydrogen-bond donors (Lipinski definition) is 1. The summed E-state index contributed by atoms with van der Waals surface area (Å²) in [5, 5.41) is 15.0. The van der Waals surface area contributed by atoms with Gasteiger partial charge >= 0.3 is 0 Å². The number of carbonyl (C=O) groups excluding carboxylic acids is 1. The van der Waals surface area contributed by atoms with Gasteiger partial charge < -0.3 is 5.32 Å². The molecule has 2 atom stereocenters. The van der Waals surface area contributed by atoms with E-state index in [1.54, 1.807) is 12.1 Å². The number of aromatic nitrogens is 4. The van der Waals surface area contributed by atoms with Crippen molar-refractivity contribution in [3.8, 4) is 5.69 Å². The smallest absolute Gasteiger partial charge is 0.230 e. The molecule has 1 aliphatic carbocycles. The average Bonchev–Trinajstić information content (AvgIpc) is 3.04. The van der Waals surface area contributed by atoms with Crippen LogP contribution in [0.25, 0.3) is 5.69 Å². The highest BCUT2D eigenvalue weighted by Crippen LogP contribution is 2.24. The van der Waals surface area contributed by atoms with E-state index in [1.807, 2.05) is 0 Å². The highest BCUT2D eigenvalue weighted by Gasteiger charge is 2.23. The van der Waals surface area contributed by atoms with Crippen molar-refractivity contribution in [1.82, 2.24) is 25.5 Å². The van der Waals surface area contributed by atoms with Gasteiger partial charge in [-0.15, -0.1) is 5.10 Å². The second-order valence-corrected chi connectivity index (χ2v) is 7.02. The summed E-state index contributed by atoms with van der Waals surface area (Å²) in [7, 11) is 0. The van der Waals surface area contributed by atoms with Crippen molar-refractivity contribution in [2.75, 3.05) is 5.75 Å². The Balaban J connectivity index is 1.59. The number of benzene rings is 1. The van der Waals surface area contributed by atoms with Gasteiger partial charge in [-0.2, -0.15) is 4.68 Å². The van der Waals surface area contributed by atoms with Gasteiger partial charge in [-0.05, 0) is 47.4 Å². The largest absolute Gasteiger partial charge is 0.352 e. The molecule has 3 rings (SSSR count). The van der Waals surface area contributed by atoms with Crippen molar-refractivity contribution in [3.05, 3.63) is 30.1 Å². The summed E-state index contributed by atoms with van der Waals surface area (Å²) in [6.07, 6.45) is 4.61. The first-order chi connectivity index (χ1) is 11.6. The van der Waals surface area contributed by atoms with Gasteiger partial charge in [0.1, 0.15) is 5.82 Å². The lowest BCUT2D eigenvalue weighted by Crippen LogP contribution is -2.41. The van der Waals surface area contributed by atoms with Gasteiger partial charge in [-0.1, -0.05) is 37.6 Å². The molecule has 24 heavy (non-hydrogen) atoms. The fourth-order valence-electron chi connectivity index (χ4n) is 2.95. The quantitative estimate of drug-likeness (QED) is 0.840. The number of tetrazole rings is 1. The third kappa shape index (κ3) is 4.11. The van der Waals surface area contributed by atoms with Crippen LogP contribution in [0.2, 0.25) is 0 Å². The second-order valence-electron chi connectivity index (χ2n) is 6.08. The zero-order valence-corrected chi connectivity index (χ0v) is 14.3. The minimum atomic E-state index is -0.358. The van der Waals surface area contributed by atoms with Gasteiger partial charge in [-0.25, -0.2) is 4.39 Å². The van der Waals surface area contributed by atoms with Crippen LogP contribution in [0, 0.1) is 11.7 Å². The number of carbonyl (C=O) groups is 1. The van der Waals surface area contributed by atoms with Crippen molar-refractivity contribution in [2.45, 2.75) is 43.8 Å². The molecular formula is C16H20FN5OS. The first kappa shape index (κ1) is 16.9. The maximum Gasteiger partial charge on any atom is 0.230 e. The fraction of sp³-hybridized carbons (Fsp3) is 0.500. The first-order valence-corrected chi connectivity index (χ1v) is 9.08. The van der Waals surface area contributed by atoms with Crippen LogP contribution in [-0.4, -0.2) is 37.9 Å². The van der Waals surface area contributed by atoms with Crippen molar-refractivity contribution < 1.29 is 9.18 Å². The third-order valence-corrected chi connectivity index (χ3v) is 5.20. The topological polar surface area (TPSA) is 72.7 Å². The Morgan fingerprint density at radius 3 is 3.04 bits per heavy atom. The van der Waals surface area contributed by atoms with Crippen LogP contribution in [0.4, 0.5) is 4.39 Å². The lowest BCUT2D eigenvalue weighted by Gasteiger charge is -2.29. The molecule has 1 aromatic carbocycles. The van der Waals surface area contributed by atoms with Gasteiger partial charge in [-0.3, -0.25) is 4.79 Å². The number of amides is 1. The van der Waals surface area contributed by atoms with Crippen molar-refractivity contribution in [2.24, 2.45) is 5.92 Å². The molecule has 1 N–H and O–H groups in total. The Morgan fingerprint density at radius 2 is 2.25 bits per heavy atom. The number of nitrogens with one attached hydrogen (secondary N) is 1. The van der Waals surface area contributed by atoms with Gasteiger partial charge in [0.15, 0.2) is 0 Å². The number of hydrogen-bond acceptors (Lipinski definition) is 5. The predicted octanol–water partition coefficient (Wildman–Crippen LogP) is 2.59. The summed E-state index contributed by atoms with van der Waals surface area (Å²) < 4.78 is 14.8. The molecule has 0 saturated heterocycles. The summed E-state index contributed by atoms with van der Waals surface area (Å²) in [4.78, 5) is 12.2. The Kier molecular flexibility index (Phi) is 5.44. The van der Waals surface area contributed by atoms with Gasteiger partial charge in [0.25, 0.3) is 0 Å². The van der Waals surface area contributed by atoms with Crippen LogP contribution in [-0.2, 0) is 4.79 Å². The van der Waals surface area contributed by atoms with Crippen molar-refractivity contribution >= 4 is 17.7 Å². The van der Waals surface area contributed by atoms with E-state index in [4.69, 9.17) is 0 Å². The minimum absolute atomic E-state index is 0.0208. The molecule has 6 nitrogen and oxygen atoms in total. The van der Waals surface area contributed by atoms with E-state index >= 15 is 0 Å². The molecule has 1 heterocycles. The summed E-state index contributed by atoms with van der Waals surface area (Å²) in [6.45, 7) is 2.18. The van der Waals surface area contributed by atoms with Crippen LogP contribution in [0.3, 0.4) is 0 Å². The van der Waals surface area contributed by atoms with E-state index in [9.17, 15) is 9.18 Å². The van der Waals surface area contributed by atoms with E-state index in [1.165, 1.54) is 41.4 Å². The Hall–Kier alpha value is -1.96. The van der Waals surface area contributed by atoms with Crippen molar-refractivity contribution in [3.63, 3.8) is 0 Å². The fourth-order valence-corrected chi connectivity index (χ4v) is 3.65. The lowest BCUT2D eigenvalue weighted by atomic mass is 9.86. The molecule has 2 aromatic rings. The van der Waals surface area contributed by atoms with Gasteiger partial charge in [0, 0.05) is 6.04 Å². The summed E-state index contributed by atoms with van der Waals surface area (Å²) in [5.74, 6) is 0.375. The SMILES string of the molecule is CC1CCCCC1NC(=O)CSc1nnnn1-c1cccc(F)c1. The highest BCUT2D eigenvalue weighted by molar-refractivity contribution is 7.99. The van der Waals surface area contributed by atoms with E-state index in [0.29, 0.717) is 16.8 Å². The normalized spacial score (nSPS) is 20.8. The standard InChI is InChI=1S/C16H20FN5OS/c1-11-5-2-3-8-14(11)18-15(23)10-24-16-19-20-21-22(16)13-7-4-6-12(17)9-13/h4,6-7,9,11,14H,2-3,5,8,10H2,1H3,(H,18,23). The molecule has 0 radical (unpaired) electrons. The van der Waals surface area contributed by atoms with Gasteiger partial charge in [0.2, 0.25) is 11.1 Å². The van der Waals surface area contributed by atoms with Crippen LogP contribution in [0.15, 0.2) is 29.4 Å². The maximum atomic E-state index is 13.3. The molecule has 2 unspecified atom stereocenters.